The highest BCUT2D eigenvalue weighted by Crippen LogP contribution is 2.01. The molecule has 0 heterocycles. The predicted molar refractivity (Wildman–Crippen MR) is 60.2 cm³/mol. The molecule has 0 spiro atoms. The van der Waals surface area contributed by atoms with Crippen LogP contribution in [-0.4, -0.2) is 36.5 Å². The first-order valence-electron chi connectivity index (χ1n) is 5.43. The van der Waals surface area contributed by atoms with Crippen LogP contribution in [0.3, 0.4) is 0 Å². The highest BCUT2D eigenvalue weighted by molar-refractivity contribution is 5.81. The van der Waals surface area contributed by atoms with Crippen molar-refractivity contribution in [2.75, 3.05) is 13.6 Å². The van der Waals surface area contributed by atoms with Crippen LogP contribution in [0.5, 0.6) is 0 Å². The maximum Gasteiger partial charge on any atom is 0.237 e. The molecule has 2 unspecified atom stereocenters. The molecule has 0 saturated carbocycles. The van der Waals surface area contributed by atoms with Crippen molar-refractivity contribution in [1.82, 2.24) is 10.2 Å². The second-order valence-electron chi connectivity index (χ2n) is 3.79. The number of rotatable bonds is 6. The van der Waals surface area contributed by atoms with E-state index in [2.05, 4.69) is 18.3 Å². The number of likely N-dealkylation sites (N-methyl/N-ethyl adjacent to an activating group) is 1. The fourth-order valence-corrected chi connectivity index (χ4v) is 1.15. The van der Waals surface area contributed by atoms with Gasteiger partial charge in [0.25, 0.3) is 0 Å². The van der Waals surface area contributed by atoms with E-state index in [0.717, 1.165) is 12.8 Å². The number of nitrogens with zero attached hydrogens (tertiary/aromatic N) is 2. The molecule has 4 heteroatoms. The average molecular weight is 211 g/mol. The van der Waals surface area contributed by atoms with Crippen LogP contribution in [0.4, 0.5) is 0 Å². The third-order valence-electron chi connectivity index (χ3n) is 2.62. The van der Waals surface area contributed by atoms with Gasteiger partial charge in [-0.1, -0.05) is 13.3 Å². The minimum Gasteiger partial charge on any atom is -0.355 e. The van der Waals surface area contributed by atoms with E-state index in [9.17, 15) is 4.79 Å². The van der Waals surface area contributed by atoms with Gasteiger partial charge in [0.15, 0.2) is 0 Å². The summed E-state index contributed by atoms with van der Waals surface area (Å²) in [5, 5.41) is 11.6. The quantitative estimate of drug-likeness (QED) is 0.670. The Morgan fingerprint density at radius 2 is 2.13 bits per heavy atom. The van der Waals surface area contributed by atoms with E-state index in [-0.39, 0.29) is 18.0 Å². The van der Waals surface area contributed by atoms with Crippen molar-refractivity contribution in [1.29, 1.82) is 5.26 Å². The van der Waals surface area contributed by atoms with Crippen LogP contribution < -0.4 is 5.32 Å². The van der Waals surface area contributed by atoms with Gasteiger partial charge in [0.2, 0.25) is 5.91 Å². The summed E-state index contributed by atoms with van der Waals surface area (Å²) in [5.41, 5.74) is 0. The number of hydrogen-bond acceptors (Lipinski definition) is 3. The molecular formula is C11H21N3O. The topological polar surface area (TPSA) is 56.1 Å². The summed E-state index contributed by atoms with van der Waals surface area (Å²) in [6.07, 6.45) is 2.06. The van der Waals surface area contributed by atoms with Gasteiger partial charge in [-0.2, -0.15) is 5.26 Å². The van der Waals surface area contributed by atoms with Crippen LogP contribution in [-0.2, 0) is 4.79 Å². The van der Waals surface area contributed by atoms with Crippen LogP contribution in [0.1, 0.15) is 33.6 Å². The van der Waals surface area contributed by atoms with Crippen molar-refractivity contribution in [3.63, 3.8) is 0 Å². The van der Waals surface area contributed by atoms with E-state index in [1.54, 1.807) is 18.9 Å². The summed E-state index contributed by atoms with van der Waals surface area (Å²) >= 11 is 0. The van der Waals surface area contributed by atoms with Gasteiger partial charge >= 0.3 is 0 Å². The summed E-state index contributed by atoms with van der Waals surface area (Å²) in [6, 6.07) is 1.62. The van der Waals surface area contributed by atoms with Crippen LogP contribution in [0.2, 0.25) is 0 Å². The summed E-state index contributed by atoms with van der Waals surface area (Å²) in [7, 11) is 1.79. The van der Waals surface area contributed by atoms with Crippen molar-refractivity contribution in [2.24, 2.45) is 0 Å². The van der Waals surface area contributed by atoms with Crippen molar-refractivity contribution in [3.8, 4) is 6.07 Å². The standard InChI is InChI=1S/C11H21N3O/c1-5-6-7-13-11(15)10(3)14(4)9(2)8-12/h9-10H,5-7H2,1-4H3,(H,13,15). The predicted octanol–water partition coefficient (Wildman–Crippen LogP) is 1.14. The molecule has 0 aliphatic carbocycles. The van der Waals surface area contributed by atoms with Crippen LogP contribution >= 0.6 is 0 Å². The van der Waals surface area contributed by atoms with Gasteiger partial charge in [0.1, 0.15) is 0 Å². The molecule has 0 aromatic rings. The van der Waals surface area contributed by atoms with Crippen LogP contribution in [0.25, 0.3) is 0 Å². The van der Waals surface area contributed by atoms with E-state index >= 15 is 0 Å². The molecule has 1 N–H and O–H groups in total. The molecule has 15 heavy (non-hydrogen) atoms. The largest absolute Gasteiger partial charge is 0.355 e. The molecule has 0 aliphatic rings. The lowest BCUT2D eigenvalue weighted by atomic mass is 10.2. The van der Waals surface area contributed by atoms with E-state index in [4.69, 9.17) is 5.26 Å². The normalized spacial score (nSPS) is 14.4. The van der Waals surface area contributed by atoms with Crippen LogP contribution in [0.15, 0.2) is 0 Å². The molecule has 86 valence electrons. The third-order valence-corrected chi connectivity index (χ3v) is 2.62. The lowest BCUT2D eigenvalue weighted by molar-refractivity contribution is -0.125. The first-order chi connectivity index (χ1) is 7.04. The Labute approximate surface area is 92.3 Å². The number of nitrogens with one attached hydrogen (secondary N) is 1. The fourth-order valence-electron chi connectivity index (χ4n) is 1.15. The molecular weight excluding hydrogens is 190 g/mol. The number of hydrogen-bond donors (Lipinski definition) is 1. The SMILES string of the molecule is CCCCNC(=O)C(C)N(C)C(C)C#N. The highest BCUT2D eigenvalue weighted by atomic mass is 16.2. The Morgan fingerprint density at radius 1 is 1.53 bits per heavy atom. The molecule has 2 atom stereocenters. The summed E-state index contributed by atoms with van der Waals surface area (Å²) in [5.74, 6) is -0.00644. The van der Waals surface area contributed by atoms with Gasteiger partial charge in [-0.3, -0.25) is 9.69 Å². The zero-order chi connectivity index (χ0) is 11.8. The van der Waals surface area contributed by atoms with Crippen molar-refractivity contribution >= 4 is 5.91 Å². The number of nitriles is 1. The number of carbonyl (C=O) groups is 1. The van der Waals surface area contributed by atoms with Crippen molar-refractivity contribution < 1.29 is 4.79 Å². The number of carbonyl (C=O) groups excluding carboxylic acids is 1. The number of amides is 1. The molecule has 0 rings (SSSR count). The van der Waals surface area contributed by atoms with Gasteiger partial charge in [0.05, 0.1) is 18.2 Å². The lowest BCUT2D eigenvalue weighted by Crippen LogP contribution is -2.46. The summed E-state index contributed by atoms with van der Waals surface area (Å²) in [4.78, 5) is 13.4. The van der Waals surface area contributed by atoms with Gasteiger partial charge in [-0.25, -0.2) is 0 Å². The average Bonchev–Trinajstić information content (AvgIpc) is 2.26. The Hall–Kier alpha value is -1.08. The first-order valence-corrected chi connectivity index (χ1v) is 5.43. The Bertz CT molecular complexity index is 234. The van der Waals surface area contributed by atoms with Gasteiger partial charge in [-0.15, -0.1) is 0 Å². The molecule has 0 radical (unpaired) electrons. The molecule has 0 aromatic heterocycles. The Balaban J connectivity index is 4.03. The van der Waals surface area contributed by atoms with Crippen LogP contribution in [0, 0.1) is 11.3 Å². The van der Waals surface area contributed by atoms with Crippen molar-refractivity contribution in [2.45, 2.75) is 45.7 Å². The summed E-state index contributed by atoms with van der Waals surface area (Å²) < 4.78 is 0. The molecule has 1 amide bonds. The third kappa shape index (κ3) is 4.80. The molecule has 0 bridgehead atoms. The fraction of sp³-hybridized carbons (Fsp3) is 0.818. The minimum absolute atomic E-state index is 0.00644. The zero-order valence-electron chi connectivity index (χ0n) is 10.1. The second-order valence-corrected chi connectivity index (χ2v) is 3.79. The molecule has 0 aliphatic heterocycles. The van der Waals surface area contributed by atoms with Gasteiger partial charge in [0, 0.05) is 6.54 Å². The van der Waals surface area contributed by atoms with E-state index in [1.807, 2.05) is 6.92 Å². The molecule has 0 saturated heterocycles. The smallest absolute Gasteiger partial charge is 0.237 e. The first kappa shape index (κ1) is 13.9. The molecule has 0 aromatic carbocycles. The monoisotopic (exact) mass is 211 g/mol. The minimum atomic E-state index is -0.253. The Morgan fingerprint density at radius 3 is 2.60 bits per heavy atom. The Kier molecular flexibility index (Phi) is 6.72. The maximum absolute atomic E-state index is 11.6. The van der Waals surface area contributed by atoms with Gasteiger partial charge in [-0.05, 0) is 27.3 Å². The van der Waals surface area contributed by atoms with E-state index in [1.165, 1.54) is 0 Å². The maximum atomic E-state index is 11.6. The molecule has 0 fully saturated rings. The highest BCUT2D eigenvalue weighted by Gasteiger charge is 2.21. The van der Waals surface area contributed by atoms with E-state index < -0.39 is 0 Å². The van der Waals surface area contributed by atoms with Crippen molar-refractivity contribution in [3.05, 3.63) is 0 Å². The zero-order valence-corrected chi connectivity index (χ0v) is 10.1. The number of unbranched alkanes of at least 4 members (excludes halogenated alkanes) is 1. The van der Waals surface area contributed by atoms with Gasteiger partial charge < -0.3 is 5.32 Å². The second kappa shape index (κ2) is 7.24. The lowest BCUT2D eigenvalue weighted by Gasteiger charge is -2.25. The summed E-state index contributed by atoms with van der Waals surface area (Å²) in [6.45, 7) is 6.40. The molecule has 4 nitrogen and oxygen atoms in total. The van der Waals surface area contributed by atoms with E-state index in [0.29, 0.717) is 6.54 Å².